The lowest BCUT2D eigenvalue weighted by molar-refractivity contribution is -0.140. The van der Waals surface area contributed by atoms with Crippen LogP contribution in [0.4, 0.5) is 5.69 Å². The highest BCUT2D eigenvalue weighted by atomic mass is 16.5. The molecule has 3 aromatic rings. The van der Waals surface area contributed by atoms with Crippen LogP contribution in [0, 0.1) is 12.8 Å². The number of carbonyl (C=O) groups is 2. The van der Waals surface area contributed by atoms with Gasteiger partial charge in [0.15, 0.2) is 5.78 Å². The fourth-order valence-corrected chi connectivity index (χ4v) is 3.80. The van der Waals surface area contributed by atoms with Crippen molar-refractivity contribution < 1.29 is 14.3 Å². The number of aryl methyl sites for hydroxylation is 1. The maximum Gasteiger partial charge on any atom is 0.305 e. The number of Topliss-reactive ketones (excluding diaryl/α,β-unsaturated/α-hetero) is 1. The van der Waals surface area contributed by atoms with E-state index >= 15 is 0 Å². The Morgan fingerprint density at radius 2 is 1.78 bits per heavy atom. The quantitative estimate of drug-likeness (QED) is 0.302. The fourth-order valence-electron chi connectivity index (χ4n) is 3.80. The molecular formula is C27H32N2O3. The minimum absolute atomic E-state index is 0.0443. The molecule has 1 heterocycles. The number of hydrogen-bond donors (Lipinski definition) is 1. The van der Waals surface area contributed by atoms with E-state index in [4.69, 9.17) is 0 Å². The summed E-state index contributed by atoms with van der Waals surface area (Å²) < 4.78 is 4.63. The van der Waals surface area contributed by atoms with Crippen molar-refractivity contribution in [2.24, 2.45) is 5.92 Å². The first kappa shape index (κ1) is 23.5. The lowest BCUT2D eigenvalue weighted by Gasteiger charge is -2.22. The lowest BCUT2D eigenvalue weighted by atomic mass is 9.95. The predicted octanol–water partition coefficient (Wildman–Crippen LogP) is 6.27. The average molecular weight is 433 g/mol. The highest BCUT2D eigenvalue weighted by Gasteiger charge is 2.15. The van der Waals surface area contributed by atoms with E-state index in [1.807, 2.05) is 30.5 Å². The van der Waals surface area contributed by atoms with Crippen molar-refractivity contribution in [3.8, 4) is 0 Å². The number of fused-ring (bicyclic) bond motifs is 1. The molecule has 0 fully saturated rings. The fraction of sp³-hybridized carbons (Fsp3) is 0.370. The number of anilines is 1. The number of ketones is 1. The summed E-state index contributed by atoms with van der Waals surface area (Å²) in [4.78, 5) is 28.3. The van der Waals surface area contributed by atoms with E-state index in [2.05, 4.69) is 60.1 Å². The third-order valence-corrected chi connectivity index (χ3v) is 5.54. The van der Waals surface area contributed by atoms with Gasteiger partial charge in [-0.15, -0.1) is 0 Å². The van der Waals surface area contributed by atoms with E-state index in [-0.39, 0.29) is 24.2 Å². The molecule has 0 aliphatic carbocycles. The Hall–Kier alpha value is -3.21. The molecule has 0 saturated heterocycles. The Balaban J connectivity index is 1.72. The summed E-state index contributed by atoms with van der Waals surface area (Å²) in [6.07, 6.45) is 3.94. The zero-order valence-electron chi connectivity index (χ0n) is 19.4. The topological polar surface area (TPSA) is 68.3 Å². The van der Waals surface area contributed by atoms with Crippen LogP contribution < -0.4 is 5.32 Å². The second-order valence-electron chi connectivity index (χ2n) is 8.72. The molecule has 1 N–H and O–H groups in total. The van der Waals surface area contributed by atoms with Crippen LogP contribution in [0.2, 0.25) is 0 Å². The number of esters is 1. The number of ether oxygens (including phenoxy) is 1. The molecule has 0 spiro atoms. The van der Waals surface area contributed by atoms with E-state index in [9.17, 15) is 9.59 Å². The van der Waals surface area contributed by atoms with E-state index in [0.29, 0.717) is 24.3 Å². The van der Waals surface area contributed by atoms with Gasteiger partial charge in [0.05, 0.1) is 30.6 Å². The molecule has 1 atom stereocenters. The van der Waals surface area contributed by atoms with Crippen LogP contribution in [0.5, 0.6) is 0 Å². The third kappa shape index (κ3) is 6.39. The van der Waals surface area contributed by atoms with Crippen LogP contribution in [0.25, 0.3) is 10.9 Å². The number of hydrogen-bond acceptors (Lipinski definition) is 5. The van der Waals surface area contributed by atoms with Gasteiger partial charge in [0, 0.05) is 23.8 Å². The van der Waals surface area contributed by atoms with Crippen LogP contribution in [-0.4, -0.2) is 23.8 Å². The van der Waals surface area contributed by atoms with Gasteiger partial charge >= 0.3 is 5.97 Å². The van der Waals surface area contributed by atoms with Gasteiger partial charge in [-0.05, 0) is 48.9 Å². The van der Waals surface area contributed by atoms with E-state index in [1.54, 1.807) is 0 Å². The number of carbonyl (C=O) groups excluding carboxylic acids is 2. The molecule has 0 amide bonds. The van der Waals surface area contributed by atoms with E-state index < -0.39 is 0 Å². The zero-order valence-corrected chi connectivity index (χ0v) is 19.4. The second-order valence-corrected chi connectivity index (χ2v) is 8.72. The SMILES string of the molecule is COC(=O)CCCC(=O)c1ccc(C(CC(C)C)Nc2cnc3cc(C)ccc3c2)cc1. The molecule has 0 bridgehead atoms. The molecule has 0 radical (unpaired) electrons. The Morgan fingerprint density at radius 3 is 2.47 bits per heavy atom. The molecule has 2 aromatic carbocycles. The summed E-state index contributed by atoms with van der Waals surface area (Å²) in [7, 11) is 1.36. The Bertz CT molecular complexity index is 1070. The van der Waals surface area contributed by atoms with E-state index in [0.717, 1.165) is 28.6 Å². The minimum atomic E-state index is -0.283. The average Bonchev–Trinajstić information content (AvgIpc) is 2.78. The van der Waals surface area contributed by atoms with Gasteiger partial charge in [-0.25, -0.2) is 0 Å². The number of rotatable bonds is 10. The number of pyridine rings is 1. The van der Waals surface area contributed by atoms with Crippen molar-refractivity contribution in [3.63, 3.8) is 0 Å². The van der Waals surface area contributed by atoms with Gasteiger partial charge in [0.25, 0.3) is 0 Å². The summed E-state index contributed by atoms with van der Waals surface area (Å²) in [6, 6.07) is 16.3. The van der Waals surface area contributed by atoms with Crippen LogP contribution in [-0.2, 0) is 9.53 Å². The summed E-state index contributed by atoms with van der Waals surface area (Å²) in [6.45, 7) is 6.48. The number of benzene rings is 2. The van der Waals surface area contributed by atoms with Gasteiger partial charge < -0.3 is 10.1 Å². The highest BCUT2D eigenvalue weighted by molar-refractivity contribution is 5.96. The molecule has 1 unspecified atom stereocenters. The van der Waals surface area contributed by atoms with Crippen molar-refractivity contribution in [2.75, 3.05) is 12.4 Å². The zero-order chi connectivity index (χ0) is 23.1. The number of nitrogens with one attached hydrogen (secondary N) is 1. The molecule has 5 heteroatoms. The molecule has 1 aromatic heterocycles. The monoisotopic (exact) mass is 432 g/mol. The van der Waals surface area contributed by atoms with Gasteiger partial charge in [-0.2, -0.15) is 0 Å². The van der Waals surface area contributed by atoms with Crippen molar-refractivity contribution in [2.45, 2.75) is 52.5 Å². The summed E-state index contributed by atoms with van der Waals surface area (Å²) >= 11 is 0. The van der Waals surface area contributed by atoms with Crippen LogP contribution >= 0.6 is 0 Å². The van der Waals surface area contributed by atoms with E-state index in [1.165, 1.54) is 12.7 Å². The summed E-state index contributed by atoms with van der Waals surface area (Å²) in [5, 5.41) is 4.74. The molecule has 32 heavy (non-hydrogen) atoms. The summed E-state index contributed by atoms with van der Waals surface area (Å²) in [5.41, 5.74) is 4.97. The standard InChI is InChI=1S/C27H32N2O3/c1-18(2)14-25(29-23-16-22-9-8-19(3)15-24(22)28-17-23)20-10-12-21(13-11-20)26(30)6-5-7-27(31)32-4/h8-13,15-18,25,29H,5-7,14H2,1-4H3. The normalized spacial score (nSPS) is 12.0. The van der Waals surface area contributed by atoms with Crippen molar-refractivity contribution in [1.29, 1.82) is 0 Å². The molecule has 3 rings (SSSR count). The van der Waals surface area contributed by atoms with Gasteiger partial charge in [0.1, 0.15) is 0 Å². The Kier molecular flexibility index (Phi) is 7.98. The van der Waals surface area contributed by atoms with Gasteiger partial charge in [0.2, 0.25) is 0 Å². The molecule has 168 valence electrons. The van der Waals surface area contributed by atoms with Crippen molar-refractivity contribution in [1.82, 2.24) is 4.98 Å². The molecule has 5 nitrogen and oxygen atoms in total. The van der Waals surface area contributed by atoms with Crippen LogP contribution in [0.1, 0.15) is 67.1 Å². The molecule has 0 aliphatic rings. The first-order valence-electron chi connectivity index (χ1n) is 11.2. The highest BCUT2D eigenvalue weighted by Crippen LogP contribution is 2.28. The second kappa shape index (κ2) is 10.9. The maximum atomic E-state index is 12.4. The predicted molar refractivity (Wildman–Crippen MR) is 129 cm³/mol. The third-order valence-electron chi connectivity index (χ3n) is 5.54. The van der Waals surface area contributed by atoms with Gasteiger partial charge in [-0.1, -0.05) is 50.2 Å². The molecule has 0 aliphatic heterocycles. The smallest absolute Gasteiger partial charge is 0.305 e. The van der Waals surface area contributed by atoms with Crippen molar-refractivity contribution in [3.05, 3.63) is 71.4 Å². The number of aromatic nitrogens is 1. The Morgan fingerprint density at radius 1 is 1.03 bits per heavy atom. The summed E-state index contributed by atoms with van der Waals surface area (Å²) in [5.74, 6) is 0.264. The lowest BCUT2D eigenvalue weighted by Crippen LogP contribution is -2.14. The first-order chi connectivity index (χ1) is 15.4. The first-order valence-corrected chi connectivity index (χ1v) is 11.2. The maximum absolute atomic E-state index is 12.4. The Labute approximate surface area is 190 Å². The van der Waals surface area contributed by atoms with Gasteiger partial charge in [-0.3, -0.25) is 14.6 Å². The minimum Gasteiger partial charge on any atom is -0.469 e. The molecular weight excluding hydrogens is 400 g/mol. The van der Waals surface area contributed by atoms with Crippen LogP contribution in [0.3, 0.4) is 0 Å². The largest absolute Gasteiger partial charge is 0.469 e. The number of methoxy groups -OCH3 is 1. The molecule has 0 saturated carbocycles. The van der Waals surface area contributed by atoms with Crippen molar-refractivity contribution >= 4 is 28.3 Å². The number of nitrogens with zero attached hydrogens (tertiary/aromatic N) is 1. The van der Waals surface area contributed by atoms with Crippen LogP contribution in [0.15, 0.2) is 54.7 Å².